The van der Waals surface area contributed by atoms with Crippen molar-refractivity contribution >= 4 is 11.4 Å². The molecular weight excluding hydrogens is 326 g/mol. The van der Waals surface area contributed by atoms with Crippen LogP contribution in [0.25, 0.3) is 5.57 Å². The molecule has 0 fully saturated rings. The molecule has 0 saturated heterocycles. The fourth-order valence-electron chi connectivity index (χ4n) is 2.56. The van der Waals surface area contributed by atoms with Crippen molar-refractivity contribution in [2.24, 2.45) is 11.1 Å². The van der Waals surface area contributed by atoms with Crippen molar-refractivity contribution in [3.8, 4) is 5.88 Å². The van der Waals surface area contributed by atoms with Gasteiger partial charge in [-0.15, -0.1) is 0 Å². The molecule has 0 unspecified atom stereocenters. The first-order chi connectivity index (χ1) is 12.2. The second-order valence-corrected chi connectivity index (χ2v) is 6.97. The Kier molecular flexibility index (Phi) is 6.03. The molecule has 1 aliphatic rings. The maximum atomic E-state index is 7.55. The Morgan fingerprint density at radius 3 is 2.73 bits per heavy atom. The lowest BCUT2D eigenvalue weighted by Crippen LogP contribution is -2.24. The number of ether oxygens (including phenoxy) is 2. The smallest absolute Gasteiger partial charge is 0.213 e. The van der Waals surface area contributed by atoms with E-state index in [1.54, 1.807) is 7.11 Å². The Bertz CT molecular complexity index is 801. The molecule has 1 aromatic heterocycles. The topological polar surface area (TPSA) is 81.2 Å². The van der Waals surface area contributed by atoms with Crippen LogP contribution < -0.4 is 10.5 Å². The van der Waals surface area contributed by atoms with E-state index in [9.17, 15) is 0 Å². The third kappa shape index (κ3) is 4.63. The molecule has 2 rings (SSSR count). The number of aryl methyl sites for hydroxylation is 1. The lowest BCUT2D eigenvalue weighted by atomic mass is 9.93. The zero-order valence-corrected chi connectivity index (χ0v) is 15.9. The number of hydrogen-bond acceptors (Lipinski definition) is 4. The molecule has 0 bridgehead atoms. The van der Waals surface area contributed by atoms with Crippen LogP contribution in [0.2, 0.25) is 0 Å². The number of nitrogens with two attached hydrogens (primary N) is 1. The molecule has 0 radical (unpaired) electrons. The summed E-state index contributed by atoms with van der Waals surface area (Å²) in [6.45, 7) is 10.4. The van der Waals surface area contributed by atoms with Gasteiger partial charge in [-0.1, -0.05) is 30.9 Å². The van der Waals surface area contributed by atoms with Gasteiger partial charge in [0.25, 0.3) is 0 Å². The molecule has 138 valence electrons. The van der Waals surface area contributed by atoms with Gasteiger partial charge in [-0.2, -0.15) is 0 Å². The summed E-state index contributed by atoms with van der Waals surface area (Å²) >= 11 is 0. The van der Waals surface area contributed by atoms with Gasteiger partial charge in [-0.25, -0.2) is 4.98 Å². The summed E-state index contributed by atoms with van der Waals surface area (Å²) in [5, 5.41) is 7.55. The van der Waals surface area contributed by atoms with Gasteiger partial charge in [-0.3, -0.25) is 5.41 Å². The number of allylic oxidation sites excluding steroid dienone is 4. The van der Waals surface area contributed by atoms with Crippen LogP contribution >= 0.6 is 0 Å². The molecule has 0 aromatic carbocycles. The van der Waals surface area contributed by atoms with E-state index in [2.05, 4.69) is 11.6 Å². The predicted octanol–water partition coefficient (Wildman–Crippen LogP) is 4.16. The van der Waals surface area contributed by atoms with Crippen molar-refractivity contribution in [3.05, 3.63) is 65.6 Å². The molecule has 0 amide bonds. The molecule has 5 nitrogen and oxygen atoms in total. The van der Waals surface area contributed by atoms with Crippen molar-refractivity contribution in [1.82, 2.24) is 4.98 Å². The second kappa shape index (κ2) is 8.04. The molecule has 0 spiro atoms. The highest BCUT2D eigenvalue weighted by atomic mass is 16.5. The van der Waals surface area contributed by atoms with Crippen molar-refractivity contribution in [2.45, 2.75) is 27.2 Å². The first kappa shape index (κ1) is 19.5. The molecule has 3 N–H and O–H groups in total. The van der Waals surface area contributed by atoms with Crippen LogP contribution in [0.5, 0.6) is 5.88 Å². The average molecular weight is 353 g/mol. The summed E-state index contributed by atoms with van der Waals surface area (Å²) in [6.07, 6.45) is 10.3. The number of hydrogen-bond donors (Lipinski definition) is 2. The lowest BCUT2D eigenvalue weighted by molar-refractivity contribution is 0.130. The second-order valence-electron chi connectivity index (χ2n) is 6.97. The molecule has 1 aromatic rings. The van der Waals surface area contributed by atoms with Crippen molar-refractivity contribution in [3.63, 3.8) is 0 Å². The maximum Gasteiger partial charge on any atom is 0.213 e. The fraction of sp³-hybridized carbons (Fsp3) is 0.333. The minimum absolute atomic E-state index is 0.0672. The molecule has 1 heterocycles. The molecule has 0 atom stereocenters. The van der Waals surface area contributed by atoms with Crippen molar-refractivity contribution in [1.29, 1.82) is 5.41 Å². The maximum absolute atomic E-state index is 7.55. The zero-order chi connectivity index (χ0) is 19.3. The lowest BCUT2D eigenvalue weighted by Gasteiger charge is -2.25. The number of aromatic nitrogens is 1. The quantitative estimate of drug-likeness (QED) is 0.438. The number of pyridine rings is 1. The van der Waals surface area contributed by atoms with Crippen LogP contribution in [0, 0.1) is 17.7 Å². The third-order valence-electron chi connectivity index (χ3n) is 4.42. The van der Waals surface area contributed by atoms with Gasteiger partial charge in [0.05, 0.1) is 18.3 Å². The van der Waals surface area contributed by atoms with Crippen molar-refractivity contribution in [2.75, 3.05) is 13.7 Å². The monoisotopic (exact) mass is 353 g/mol. The van der Waals surface area contributed by atoms with Crippen LogP contribution in [0.1, 0.15) is 31.4 Å². The van der Waals surface area contributed by atoms with Crippen LogP contribution in [0.3, 0.4) is 0 Å². The molecular formula is C21H27N3O2. The van der Waals surface area contributed by atoms with E-state index in [1.165, 1.54) is 0 Å². The first-order valence-electron chi connectivity index (χ1n) is 8.49. The van der Waals surface area contributed by atoms with E-state index in [0.29, 0.717) is 23.8 Å². The zero-order valence-electron chi connectivity index (χ0n) is 15.9. The minimum atomic E-state index is -0.300. The van der Waals surface area contributed by atoms with Gasteiger partial charge in [0.2, 0.25) is 5.88 Å². The Hall–Kier alpha value is -2.82. The summed E-state index contributed by atoms with van der Waals surface area (Å²) < 4.78 is 11.1. The highest BCUT2D eigenvalue weighted by Crippen LogP contribution is 2.29. The van der Waals surface area contributed by atoms with E-state index in [-0.39, 0.29) is 11.3 Å². The molecule has 0 saturated carbocycles. The van der Waals surface area contributed by atoms with E-state index in [1.807, 2.05) is 57.3 Å². The third-order valence-corrected chi connectivity index (χ3v) is 4.42. The fourth-order valence-corrected chi connectivity index (χ4v) is 2.56. The summed E-state index contributed by atoms with van der Waals surface area (Å²) in [7, 11) is 1.61. The van der Waals surface area contributed by atoms with Gasteiger partial charge in [0.15, 0.2) is 0 Å². The summed E-state index contributed by atoms with van der Waals surface area (Å²) in [5.74, 6) is 1.32. The average Bonchev–Trinajstić information content (AvgIpc) is 2.85. The van der Waals surface area contributed by atoms with Crippen LogP contribution in [0.15, 0.2) is 54.5 Å². The summed E-state index contributed by atoms with van der Waals surface area (Å²) in [5.41, 5.74) is 9.24. The van der Waals surface area contributed by atoms with E-state index >= 15 is 0 Å². The number of nitrogens with one attached hydrogen (secondary N) is 1. The first-order valence-corrected chi connectivity index (χ1v) is 8.49. The summed E-state index contributed by atoms with van der Waals surface area (Å²) in [6, 6.07) is 1.94. The number of amidine groups is 1. The van der Waals surface area contributed by atoms with Crippen LogP contribution in [0.4, 0.5) is 0 Å². The van der Waals surface area contributed by atoms with Gasteiger partial charge in [0.1, 0.15) is 12.4 Å². The SMILES string of the molecule is C=C(OC)C(C)(C)COc1cc(C)c(C2=CC=C(C(=N)N)C=CC2)cn1. The van der Waals surface area contributed by atoms with E-state index in [0.717, 1.165) is 23.1 Å². The van der Waals surface area contributed by atoms with Gasteiger partial charge < -0.3 is 15.2 Å². The number of nitrogens with zero attached hydrogens (tertiary/aromatic N) is 1. The van der Waals surface area contributed by atoms with Gasteiger partial charge in [0, 0.05) is 17.8 Å². The van der Waals surface area contributed by atoms with Gasteiger partial charge >= 0.3 is 0 Å². The Labute approximate surface area is 155 Å². The van der Waals surface area contributed by atoms with E-state index < -0.39 is 0 Å². The van der Waals surface area contributed by atoms with Crippen molar-refractivity contribution < 1.29 is 9.47 Å². The van der Waals surface area contributed by atoms with Crippen LogP contribution in [-0.2, 0) is 4.74 Å². The van der Waals surface area contributed by atoms with Gasteiger partial charge in [-0.05, 0) is 43.9 Å². The molecule has 0 aliphatic heterocycles. The Morgan fingerprint density at radius 1 is 1.38 bits per heavy atom. The number of rotatable bonds is 7. The largest absolute Gasteiger partial charge is 0.501 e. The molecule has 1 aliphatic carbocycles. The molecule has 5 heteroatoms. The normalized spacial score (nSPS) is 14.2. The summed E-state index contributed by atoms with van der Waals surface area (Å²) in [4.78, 5) is 4.44. The Morgan fingerprint density at radius 2 is 2.12 bits per heavy atom. The number of methoxy groups -OCH3 is 1. The minimum Gasteiger partial charge on any atom is -0.501 e. The Balaban J connectivity index is 2.16. The highest BCUT2D eigenvalue weighted by Gasteiger charge is 2.24. The molecule has 26 heavy (non-hydrogen) atoms. The predicted molar refractivity (Wildman–Crippen MR) is 106 cm³/mol. The van der Waals surface area contributed by atoms with Crippen LogP contribution in [-0.4, -0.2) is 24.5 Å². The standard InChI is InChI=1S/C21H27N3O2/c1-14-11-19(26-13-21(3,4)15(2)25-5)24-12-18(14)16-7-6-8-17(10-9-16)20(22)23/h6,8-12H,2,7,13H2,1,3-5H3,(H3,22,23). The van der Waals surface area contributed by atoms with E-state index in [4.69, 9.17) is 20.6 Å². The highest BCUT2D eigenvalue weighted by molar-refractivity contribution is 5.98.